The highest BCUT2D eigenvalue weighted by Crippen LogP contribution is 2.26. The first-order chi connectivity index (χ1) is 29.3. The molecule has 8 aromatic rings. The van der Waals surface area contributed by atoms with Crippen molar-refractivity contribution in [3.05, 3.63) is 218 Å². The molecule has 0 radical (unpaired) electrons. The van der Waals surface area contributed by atoms with E-state index in [4.69, 9.17) is 0 Å². The molecule has 0 saturated heterocycles. The molecule has 0 bridgehead atoms. The molecule has 304 valence electrons. The molecule has 0 amide bonds. The summed E-state index contributed by atoms with van der Waals surface area (Å²) >= 11 is 0. The quantitative estimate of drug-likeness (QED) is 0.102. The molecule has 0 saturated carbocycles. The third-order valence-corrected chi connectivity index (χ3v) is 22.5. The monoisotopic (exact) mass is 896 g/mol. The summed E-state index contributed by atoms with van der Waals surface area (Å²) in [7, 11) is -19.4. The molecular weight excluding hydrogens is 861 g/mol. The van der Waals surface area contributed by atoms with Crippen molar-refractivity contribution in [2.45, 2.75) is 39.2 Å². The minimum absolute atomic E-state index is 0.0447. The SMILES string of the molecule is O=S(=O)(c1ccccc1)c1ccc([Si](c2ccc(S(=O)(=O)c3ccccc3)cc2)(c2ccc(S(=O)(=O)c3ccccc3)cc2)c2ccc(S(=O)(=O)c3ccccc3)cc2)cc1. The molecule has 8 nitrogen and oxygen atoms in total. The van der Waals surface area contributed by atoms with Gasteiger partial charge >= 0.3 is 0 Å². The molecule has 0 fully saturated rings. The van der Waals surface area contributed by atoms with Crippen LogP contribution in [0.3, 0.4) is 0 Å². The molecule has 0 aliphatic carbocycles. The van der Waals surface area contributed by atoms with Gasteiger partial charge < -0.3 is 0 Å². The lowest BCUT2D eigenvalue weighted by molar-refractivity contribution is 0.594. The number of sulfone groups is 4. The minimum atomic E-state index is -3.92. The van der Waals surface area contributed by atoms with Crippen molar-refractivity contribution in [3.8, 4) is 0 Å². The van der Waals surface area contributed by atoms with Gasteiger partial charge in [-0.1, -0.05) is 121 Å². The van der Waals surface area contributed by atoms with E-state index < -0.39 is 47.4 Å². The van der Waals surface area contributed by atoms with Crippen LogP contribution in [0.15, 0.2) is 258 Å². The summed E-state index contributed by atoms with van der Waals surface area (Å²) in [4.78, 5) is 0.649. The summed E-state index contributed by atoms with van der Waals surface area (Å²) in [5.41, 5.74) is 0. The maximum atomic E-state index is 13.8. The second-order valence-corrected chi connectivity index (χ2v) is 25.7. The van der Waals surface area contributed by atoms with Crippen LogP contribution in [0, 0.1) is 0 Å². The Labute approximate surface area is 357 Å². The van der Waals surface area contributed by atoms with Crippen LogP contribution in [0.25, 0.3) is 0 Å². The van der Waals surface area contributed by atoms with E-state index in [2.05, 4.69) is 0 Å². The molecule has 0 aliphatic heterocycles. The van der Waals surface area contributed by atoms with E-state index in [-0.39, 0.29) is 39.2 Å². The molecule has 13 heteroatoms. The van der Waals surface area contributed by atoms with Crippen molar-refractivity contribution < 1.29 is 33.7 Å². The lowest BCUT2D eigenvalue weighted by Crippen LogP contribution is -2.74. The molecule has 0 aromatic heterocycles. The molecule has 0 unspecified atom stereocenters. The molecule has 0 atom stereocenters. The third-order valence-electron chi connectivity index (χ3n) is 10.6. The van der Waals surface area contributed by atoms with E-state index >= 15 is 0 Å². The maximum Gasteiger partial charge on any atom is 0.206 e. The molecular formula is C48H36O8S4Si. The first kappa shape index (κ1) is 41.5. The number of hydrogen-bond acceptors (Lipinski definition) is 8. The molecule has 61 heavy (non-hydrogen) atoms. The van der Waals surface area contributed by atoms with E-state index in [9.17, 15) is 33.7 Å². The van der Waals surface area contributed by atoms with E-state index in [0.29, 0.717) is 20.7 Å². The average molecular weight is 897 g/mol. The Morgan fingerprint density at radius 2 is 0.344 bits per heavy atom. The zero-order valence-corrected chi connectivity index (χ0v) is 36.4. The third kappa shape index (κ3) is 7.59. The Morgan fingerprint density at radius 1 is 0.197 bits per heavy atom. The Hall–Kier alpha value is -6.22. The van der Waals surface area contributed by atoms with Crippen molar-refractivity contribution in [2.75, 3.05) is 0 Å². The van der Waals surface area contributed by atoms with Gasteiger partial charge in [-0.25, -0.2) is 33.7 Å². The van der Waals surface area contributed by atoms with Gasteiger partial charge in [-0.15, -0.1) is 0 Å². The molecule has 0 N–H and O–H groups in total. The molecule has 8 rings (SSSR count). The Balaban J connectivity index is 1.37. The highest BCUT2D eigenvalue weighted by atomic mass is 32.2. The van der Waals surface area contributed by atoms with E-state index in [1.807, 2.05) is 0 Å². The Morgan fingerprint density at radius 3 is 0.508 bits per heavy atom. The molecule has 8 aromatic carbocycles. The van der Waals surface area contributed by atoms with Crippen molar-refractivity contribution in [1.29, 1.82) is 0 Å². The summed E-state index contributed by atoms with van der Waals surface area (Å²) in [6, 6.07) is 58.2. The van der Waals surface area contributed by atoms with Crippen molar-refractivity contribution in [3.63, 3.8) is 0 Å². The van der Waals surface area contributed by atoms with Crippen LogP contribution in [-0.2, 0) is 39.3 Å². The zero-order valence-electron chi connectivity index (χ0n) is 32.2. The first-order valence-corrected chi connectivity index (χ1v) is 26.8. The normalized spacial score (nSPS) is 12.5. The van der Waals surface area contributed by atoms with E-state index in [1.165, 1.54) is 97.1 Å². The Kier molecular flexibility index (Phi) is 11.1. The average Bonchev–Trinajstić information content (AvgIpc) is 3.31. The van der Waals surface area contributed by atoms with Crippen LogP contribution in [0.1, 0.15) is 0 Å². The predicted molar refractivity (Wildman–Crippen MR) is 238 cm³/mol. The fraction of sp³-hybridized carbons (Fsp3) is 0. The fourth-order valence-corrected chi connectivity index (χ4v) is 17.3. The fourth-order valence-electron chi connectivity index (χ4n) is 7.48. The van der Waals surface area contributed by atoms with Crippen molar-refractivity contribution >= 4 is 68.2 Å². The van der Waals surface area contributed by atoms with Gasteiger partial charge in [0.1, 0.15) is 0 Å². The van der Waals surface area contributed by atoms with Gasteiger partial charge in [0, 0.05) is 0 Å². The summed E-state index contributed by atoms with van der Waals surface area (Å²) in [5, 5.41) is 2.65. The van der Waals surface area contributed by atoms with Crippen molar-refractivity contribution in [2.24, 2.45) is 0 Å². The van der Waals surface area contributed by atoms with Crippen LogP contribution < -0.4 is 20.7 Å². The summed E-state index contributed by atoms with van der Waals surface area (Å²) in [6.45, 7) is 0. The van der Waals surface area contributed by atoms with Crippen LogP contribution in [0.2, 0.25) is 0 Å². The van der Waals surface area contributed by atoms with Gasteiger partial charge in [-0.2, -0.15) is 0 Å². The smallest absolute Gasteiger partial charge is 0.206 e. The summed E-state index contributed by atoms with van der Waals surface area (Å²) < 4.78 is 110. The highest BCUT2D eigenvalue weighted by molar-refractivity contribution is 7.92. The van der Waals surface area contributed by atoms with Gasteiger partial charge in [-0.05, 0) is 118 Å². The lowest BCUT2D eigenvalue weighted by Gasteiger charge is -2.35. The van der Waals surface area contributed by atoms with Gasteiger partial charge in [-0.3, -0.25) is 0 Å². The molecule has 0 spiro atoms. The van der Waals surface area contributed by atoms with E-state index in [1.54, 1.807) is 121 Å². The lowest BCUT2D eigenvalue weighted by atomic mass is 10.3. The van der Waals surface area contributed by atoms with Gasteiger partial charge in [0.15, 0.2) is 8.07 Å². The topological polar surface area (TPSA) is 137 Å². The first-order valence-electron chi connectivity index (χ1n) is 18.9. The largest absolute Gasteiger partial charge is 0.219 e. The number of benzene rings is 8. The second kappa shape index (κ2) is 16.3. The molecule has 0 aliphatic rings. The number of hydrogen-bond donors (Lipinski definition) is 0. The second-order valence-electron chi connectivity index (χ2n) is 14.1. The minimum Gasteiger partial charge on any atom is -0.219 e. The predicted octanol–water partition coefficient (Wildman–Crippen LogP) is 6.40. The van der Waals surface area contributed by atoms with Gasteiger partial charge in [0.05, 0.1) is 39.2 Å². The Bertz CT molecular complexity index is 2820. The number of rotatable bonds is 12. The summed E-state index contributed by atoms with van der Waals surface area (Å²) in [5.74, 6) is 0. The maximum absolute atomic E-state index is 13.8. The highest BCUT2D eigenvalue weighted by Gasteiger charge is 2.42. The van der Waals surface area contributed by atoms with E-state index in [0.717, 1.165) is 0 Å². The van der Waals surface area contributed by atoms with Gasteiger partial charge in [0.2, 0.25) is 39.3 Å². The zero-order chi connectivity index (χ0) is 42.9. The molecule has 0 heterocycles. The van der Waals surface area contributed by atoms with Gasteiger partial charge in [0.25, 0.3) is 0 Å². The van der Waals surface area contributed by atoms with Crippen LogP contribution in [0.4, 0.5) is 0 Å². The van der Waals surface area contributed by atoms with Crippen LogP contribution >= 0.6 is 0 Å². The summed E-state index contributed by atoms with van der Waals surface area (Å²) in [6.07, 6.45) is 0. The standard InChI is InChI=1S/C48H36O8S4Si/c49-57(50,37-13-5-1-6-14-37)41-21-29-45(30-22-41)61(46-31-23-42(24-32-46)58(51,52)38-15-7-2-8-16-38,47-33-25-43(26-34-47)59(53,54)39-17-9-3-10-18-39)48-35-27-44(28-36-48)60(55,56)40-19-11-4-12-20-40/h1-36H. The van der Waals surface area contributed by atoms with Crippen LogP contribution in [-0.4, -0.2) is 41.7 Å². The van der Waals surface area contributed by atoms with Crippen molar-refractivity contribution in [1.82, 2.24) is 0 Å². The van der Waals surface area contributed by atoms with Crippen LogP contribution in [0.5, 0.6) is 0 Å².